The van der Waals surface area contributed by atoms with Gasteiger partial charge in [0.25, 0.3) is 0 Å². The lowest BCUT2D eigenvalue weighted by Crippen LogP contribution is -2.07. The molecule has 2 nitrogen and oxygen atoms in total. The topological polar surface area (TPSA) is 29.4 Å². The number of carbonyl (C=O) groups excluding carboxylic acids is 1. The Morgan fingerprint density at radius 1 is 1.56 bits per heavy atom. The Morgan fingerprint density at radius 2 is 2.28 bits per heavy atom. The molecule has 0 saturated carbocycles. The molecule has 2 heteroatoms. The van der Waals surface area contributed by atoms with Gasteiger partial charge < -0.3 is 0 Å². The quantitative estimate of drug-likeness (QED) is 0.569. The second kappa shape index (κ2) is 6.76. The lowest BCUT2D eigenvalue weighted by atomic mass is 9.93. The van der Waals surface area contributed by atoms with Crippen LogP contribution in [-0.2, 0) is 4.79 Å². The molecule has 0 fully saturated rings. The van der Waals surface area contributed by atoms with Crippen molar-refractivity contribution in [3.8, 4) is 12.3 Å². The summed E-state index contributed by atoms with van der Waals surface area (Å²) in [6.45, 7) is 5.60. The minimum absolute atomic E-state index is 0.0185. The highest BCUT2D eigenvalue weighted by molar-refractivity contribution is 5.88. The Bertz CT molecular complexity index is 494. The molecule has 1 aromatic carbocycles. The summed E-state index contributed by atoms with van der Waals surface area (Å²) in [4.78, 5) is 16.0. The molecule has 0 heterocycles. The number of para-hydroxylation sites is 1. The van der Waals surface area contributed by atoms with Gasteiger partial charge in [0, 0.05) is 11.8 Å². The first kappa shape index (κ1) is 14.2. The minimum atomic E-state index is -0.501. The van der Waals surface area contributed by atoms with Crippen molar-refractivity contribution in [3.63, 3.8) is 0 Å². The number of carbonyl (C=O) groups is 1. The Hall–Kier alpha value is -1.88. The molecule has 0 amide bonds. The lowest BCUT2D eigenvalue weighted by molar-refractivity contribution is -0.117. The van der Waals surface area contributed by atoms with Crippen molar-refractivity contribution in [3.05, 3.63) is 29.3 Å². The van der Waals surface area contributed by atoms with Gasteiger partial charge in [-0.15, -0.1) is 6.42 Å². The first-order valence-corrected chi connectivity index (χ1v) is 6.20. The van der Waals surface area contributed by atoms with E-state index in [2.05, 4.69) is 17.8 Å². The number of benzene rings is 1. The predicted molar refractivity (Wildman–Crippen MR) is 76.5 cm³/mol. The van der Waals surface area contributed by atoms with Gasteiger partial charge in [0.1, 0.15) is 11.7 Å². The third-order valence-electron chi connectivity index (χ3n) is 2.79. The van der Waals surface area contributed by atoms with E-state index in [-0.39, 0.29) is 5.78 Å². The Morgan fingerprint density at radius 3 is 2.83 bits per heavy atom. The highest BCUT2D eigenvalue weighted by atomic mass is 16.1. The summed E-state index contributed by atoms with van der Waals surface area (Å²) in [5, 5.41) is 0. The van der Waals surface area contributed by atoms with Gasteiger partial charge in [-0.25, -0.2) is 0 Å². The largest absolute Gasteiger partial charge is 0.298 e. The smallest absolute Gasteiger partial charge is 0.149 e. The summed E-state index contributed by atoms with van der Waals surface area (Å²) in [6.07, 6.45) is 9.32. The van der Waals surface area contributed by atoms with E-state index in [4.69, 9.17) is 6.42 Å². The summed E-state index contributed by atoms with van der Waals surface area (Å²) in [5.41, 5.74) is 2.71. The fourth-order valence-corrected chi connectivity index (χ4v) is 1.80. The molecule has 0 spiro atoms. The van der Waals surface area contributed by atoms with Crippen molar-refractivity contribution in [1.29, 1.82) is 0 Å². The van der Waals surface area contributed by atoms with Crippen LogP contribution in [0.5, 0.6) is 0 Å². The fraction of sp³-hybridized carbons (Fsp3) is 0.375. The van der Waals surface area contributed by atoms with Crippen molar-refractivity contribution >= 4 is 17.7 Å². The van der Waals surface area contributed by atoms with Crippen LogP contribution in [0.4, 0.5) is 5.69 Å². The van der Waals surface area contributed by atoms with Crippen LogP contribution in [0.25, 0.3) is 0 Å². The summed E-state index contributed by atoms with van der Waals surface area (Å²) < 4.78 is 0. The van der Waals surface area contributed by atoms with Crippen LogP contribution in [-0.4, -0.2) is 12.0 Å². The van der Waals surface area contributed by atoms with E-state index in [0.717, 1.165) is 29.7 Å². The number of terminal acetylenes is 1. The molecular weight excluding hydrogens is 222 g/mol. The standard InChI is InChI=1S/C16H19NO/c1-5-7-11-17-16-12(3)9-8-10-15(16)14(6-2)13(4)18/h2,8-11,14H,5,7H2,1,3-4H3/b17-11-. The van der Waals surface area contributed by atoms with Gasteiger partial charge in [-0.3, -0.25) is 9.79 Å². The molecule has 0 saturated heterocycles. The number of rotatable bonds is 5. The van der Waals surface area contributed by atoms with E-state index in [9.17, 15) is 4.79 Å². The van der Waals surface area contributed by atoms with Crippen LogP contribution in [0.3, 0.4) is 0 Å². The van der Waals surface area contributed by atoms with Crippen molar-refractivity contribution in [2.45, 2.75) is 39.5 Å². The van der Waals surface area contributed by atoms with Gasteiger partial charge in [-0.1, -0.05) is 37.5 Å². The van der Waals surface area contributed by atoms with E-state index in [1.165, 1.54) is 6.92 Å². The number of ketones is 1. The van der Waals surface area contributed by atoms with Gasteiger partial charge >= 0.3 is 0 Å². The Balaban J connectivity index is 3.23. The monoisotopic (exact) mass is 241 g/mol. The number of nitrogens with zero attached hydrogens (tertiary/aromatic N) is 1. The van der Waals surface area contributed by atoms with E-state index in [0.29, 0.717) is 0 Å². The van der Waals surface area contributed by atoms with Gasteiger partial charge in [0.15, 0.2) is 0 Å². The van der Waals surface area contributed by atoms with Crippen LogP contribution in [0, 0.1) is 19.3 Å². The molecule has 0 bridgehead atoms. The zero-order chi connectivity index (χ0) is 13.5. The third kappa shape index (κ3) is 3.30. The predicted octanol–water partition coefficient (Wildman–Crippen LogP) is 3.80. The molecule has 0 aliphatic heterocycles. The first-order valence-electron chi connectivity index (χ1n) is 6.20. The molecule has 0 radical (unpaired) electrons. The van der Waals surface area contributed by atoms with Crippen molar-refractivity contribution in [2.24, 2.45) is 4.99 Å². The van der Waals surface area contributed by atoms with Gasteiger partial charge in [-0.2, -0.15) is 0 Å². The molecule has 18 heavy (non-hydrogen) atoms. The number of hydrogen-bond donors (Lipinski definition) is 0. The van der Waals surface area contributed by atoms with Crippen molar-refractivity contribution in [2.75, 3.05) is 0 Å². The highest BCUT2D eigenvalue weighted by Gasteiger charge is 2.18. The van der Waals surface area contributed by atoms with Gasteiger partial charge in [0.2, 0.25) is 0 Å². The number of Topliss-reactive ketones (excluding diaryl/α,β-unsaturated/α-hetero) is 1. The number of aryl methyl sites for hydroxylation is 1. The van der Waals surface area contributed by atoms with Crippen LogP contribution in [0.2, 0.25) is 0 Å². The molecule has 1 atom stereocenters. The second-order valence-electron chi connectivity index (χ2n) is 4.32. The maximum atomic E-state index is 11.6. The second-order valence-corrected chi connectivity index (χ2v) is 4.32. The molecule has 1 aromatic rings. The Labute approximate surface area is 109 Å². The van der Waals surface area contributed by atoms with E-state index in [1.807, 2.05) is 31.3 Å². The van der Waals surface area contributed by atoms with E-state index < -0.39 is 5.92 Å². The number of hydrogen-bond acceptors (Lipinski definition) is 2. The molecule has 0 N–H and O–H groups in total. The summed E-state index contributed by atoms with van der Waals surface area (Å²) >= 11 is 0. The third-order valence-corrected chi connectivity index (χ3v) is 2.79. The maximum Gasteiger partial charge on any atom is 0.149 e. The maximum absolute atomic E-state index is 11.6. The summed E-state index contributed by atoms with van der Waals surface area (Å²) in [7, 11) is 0. The zero-order valence-corrected chi connectivity index (χ0v) is 11.2. The van der Waals surface area contributed by atoms with Crippen LogP contribution in [0.15, 0.2) is 23.2 Å². The van der Waals surface area contributed by atoms with Crippen molar-refractivity contribution < 1.29 is 4.79 Å². The van der Waals surface area contributed by atoms with Crippen LogP contribution >= 0.6 is 0 Å². The average Bonchev–Trinajstić information content (AvgIpc) is 2.33. The summed E-state index contributed by atoms with van der Waals surface area (Å²) in [6, 6.07) is 5.78. The molecular formula is C16H19NO. The van der Waals surface area contributed by atoms with Gasteiger partial charge in [0.05, 0.1) is 5.69 Å². The van der Waals surface area contributed by atoms with E-state index >= 15 is 0 Å². The van der Waals surface area contributed by atoms with E-state index in [1.54, 1.807) is 0 Å². The number of unbranched alkanes of at least 4 members (excludes halogenated alkanes) is 1. The zero-order valence-electron chi connectivity index (χ0n) is 11.2. The fourth-order valence-electron chi connectivity index (χ4n) is 1.80. The number of aliphatic imine (C=N–C) groups is 1. The lowest BCUT2D eigenvalue weighted by Gasteiger charge is -2.12. The van der Waals surface area contributed by atoms with Gasteiger partial charge in [-0.05, 0) is 25.8 Å². The average molecular weight is 241 g/mol. The highest BCUT2D eigenvalue weighted by Crippen LogP contribution is 2.30. The van der Waals surface area contributed by atoms with Crippen LogP contribution < -0.4 is 0 Å². The molecule has 94 valence electrons. The minimum Gasteiger partial charge on any atom is -0.298 e. The molecule has 0 aliphatic rings. The molecule has 1 unspecified atom stereocenters. The molecule has 0 aromatic heterocycles. The van der Waals surface area contributed by atoms with Crippen molar-refractivity contribution in [1.82, 2.24) is 0 Å². The SMILES string of the molecule is C#CC(C(C)=O)c1cccc(C)c1/N=C\CCC. The first-order chi connectivity index (χ1) is 8.61. The summed E-state index contributed by atoms with van der Waals surface area (Å²) in [5.74, 6) is 2.03. The Kier molecular flexibility index (Phi) is 5.32. The normalized spacial score (nSPS) is 12.3. The molecule has 0 aliphatic carbocycles. The van der Waals surface area contributed by atoms with Crippen LogP contribution in [0.1, 0.15) is 43.7 Å². The molecule has 1 rings (SSSR count).